The monoisotopic (exact) mass is 424 g/mol. The van der Waals surface area contributed by atoms with Crippen molar-refractivity contribution < 1.29 is 28.8 Å². The van der Waals surface area contributed by atoms with Gasteiger partial charge in [-0.3, -0.25) is 9.69 Å². The molecule has 29 heavy (non-hydrogen) atoms. The number of aliphatic hydroxyl groups excluding tert-OH is 1. The Balaban J connectivity index is 1.73. The number of nitrogens with zero attached hydrogens (tertiary/aromatic N) is 1. The number of carbonyl (C=O) groups excluding carboxylic acids is 1. The number of ether oxygens (including phenoxy) is 4. The predicted molar refractivity (Wildman–Crippen MR) is 111 cm³/mol. The largest absolute Gasteiger partial charge is 0.492 e. The molecule has 0 saturated heterocycles. The maximum absolute atomic E-state index is 10.7. The van der Waals surface area contributed by atoms with Crippen molar-refractivity contribution in [3.05, 3.63) is 41.1 Å². The van der Waals surface area contributed by atoms with Gasteiger partial charge in [0.2, 0.25) is 0 Å². The first kappa shape index (κ1) is 23.0. The third-order valence-corrected chi connectivity index (χ3v) is 4.56. The molecule has 0 radical (unpaired) electrons. The second-order valence-corrected chi connectivity index (χ2v) is 7.07. The van der Waals surface area contributed by atoms with Crippen molar-refractivity contribution in [3.8, 4) is 17.2 Å². The first-order chi connectivity index (χ1) is 14.1. The Hall–Kier alpha value is -2.33. The van der Waals surface area contributed by atoms with E-state index in [4.69, 9.17) is 24.7 Å². The molecular formula is C20H28N2O6S. The molecule has 3 N–H and O–H groups in total. The average Bonchev–Trinajstić information content (AvgIpc) is 3.23. The Bertz CT molecular complexity index is 696. The van der Waals surface area contributed by atoms with Crippen molar-refractivity contribution in [3.63, 3.8) is 0 Å². The highest BCUT2D eigenvalue weighted by Crippen LogP contribution is 2.17. The first-order valence-corrected chi connectivity index (χ1v) is 10.2. The Morgan fingerprint density at radius 1 is 1.07 bits per heavy atom. The molecule has 0 fully saturated rings. The topological polar surface area (TPSA) is 103 Å². The standard InChI is InChI=1S/C20H28N2O6S/c1-25-9-7-22(12-16(23)13-27-19-6-11-29-15-19)8-10-26-17-2-4-18(5-3-17)28-14-20(21)24/h2-6,11,15-16,23H,7-10,12-14H2,1H3,(H2,21,24). The fourth-order valence-electron chi connectivity index (χ4n) is 2.47. The first-order valence-electron chi connectivity index (χ1n) is 9.25. The minimum atomic E-state index is -0.617. The fraction of sp³-hybridized carbons (Fsp3) is 0.450. The molecule has 1 aromatic carbocycles. The van der Waals surface area contributed by atoms with Gasteiger partial charge in [-0.15, -0.1) is 11.3 Å². The van der Waals surface area contributed by atoms with E-state index in [0.717, 1.165) is 5.75 Å². The quantitative estimate of drug-likeness (QED) is 0.445. The van der Waals surface area contributed by atoms with E-state index in [1.165, 1.54) is 0 Å². The second kappa shape index (κ2) is 13.0. The predicted octanol–water partition coefficient (Wildman–Crippen LogP) is 1.38. The van der Waals surface area contributed by atoms with Crippen LogP contribution in [0.1, 0.15) is 0 Å². The third-order valence-electron chi connectivity index (χ3n) is 3.90. The lowest BCUT2D eigenvalue weighted by atomic mass is 10.3. The lowest BCUT2D eigenvalue weighted by Crippen LogP contribution is -2.39. The average molecular weight is 425 g/mol. The number of hydrogen-bond acceptors (Lipinski definition) is 8. The van der Waals surface area contributed by atoms with Gasteiger partial charge in [-0.2, -0.15) is 0 Å². The number of methoxy groups -OCH3 is 1. The molecule has 160 valence electrons. The van der Waals surface area contributed by atoms with Gasteiger partial charge in [-0.05, 0) is 35.7 Å². The molecule has 0 saturated carbocycles. The van der Waals surface area contributed by atoms with Crippen LogP contribution >= 0.6 is 11.3 Å². The number of primary amides is 1. The van der Waals surface area contributed by atoms with E-state index in [1.807, 2.05) is 16.8 Å². The van der Waals surface area contributed by atoms with E-state index in [0.29, 0.717) is 44.3 Å². The summed E-state index contributed by atoms with van der Waals surface area (Å²) in [5.41, 5.74) is 5.05. The highest BCUT2D eigenvalue weighted by atomic mass is 32.1. The minimum absolute atomic E-state index is 0.160. The van der Waals surface area contributed by atoms with Gasteiger partial charge in [0.1, 0.15) is 36.6 Å². The maximum Gasteiger partial charge on any atom is 0.255 e. The Morgan fingerprint density at radius 3 is 2.38 bits per heavy atom. The lowest BCUT2D eigenvalue weighted by Gasteiger charge is -2.24. The van der Waals surface area contributed by atoms with Crippen molar-refractivity contribution in [2.45, 2.75) is 6.10 Å². The normalized spacial score (nSPS) is 12.0. The zero-order valence-corrected chi connectivity index (χ0v) is 17.3. The number of thiophene rings is 1. The van der Waals surface area contributed by atoms with Gasteiger partial charge in [-0.25, -0.2) is 0 Å². The van der Waals surface area contributed by atoms with Crippen LogP contribution in [-0.2, 0) is 9.53 Å². The van der Waals surface area contributed by atoms with Crippen LogP contribution in [0.2, 0.25) is 0 Å². The van der Waals surface area contributed by atoms with Crippen molar-refractivity contribution >= 4 is 17.2 Å². The SMILES string of the molecule is COCCN(CCOc1ccc(OCC(N)=O)cc1)CC(O)COc1ccsc1. The van der Waals surface area contributed by atoms with Crippen molar-refractivity contribution in [1.29, 1.82) is 0 Å². The van der Waals surface area contributed by atoms with Crippen molar-refractivity contribution in [1.82, 2.24) is 4.90 Å². The lowest BCUT2D eigenvalue weighted by molar-refractivity contribution is -0.119. The number of carbonyl (C=O) groups is 1. The van der Waals surface area contributed by atoms with Crippen LogP contribution < -0.4 is 19.9 Å². The molecule has 0 aliphatic carbocycles. The summed E-state index contributed by atoms with van der Waals surface area (Å²) in [4.78, 5) is 12.8. The molecule has 1 atom stereocenters. The highest BCUT2D eigenvalue weighted by molar-refractivity contribution is 7.08. The summed E-state index contributed by atoms with van der Waals surface area (Å²) in [5.74, 6) is 1.48. The minimum Gasteiger partial charge on any atom is -0.492 e. The number of rotatable bonds is 15. The van der Waals surface area contributed by atoms with Crippen LogP contribution in [0.15, 0.2) is 41.1 Å². The third kappa shape index (κ3) is 9.62. The molecule has 0 bridgehead atoms. The van der Waals surface area contributed by atoms with Gasteiger partial charge in [-0.1, -0.05) is 0 Å². The molecule has 2 aromatic rings. The van der Waals surface area contributed by atoms with Gasteiger partial charge in [0.15, 0.2) is 6.61 Å². The van der Waals surface area contributed by atoms with Crippen LogP contribution in [0.4, 0.5) is 0 Å². The van der Waals surface area contributed by atoms with Crippen LogP contribution in [0.5, 0.6) is 17.2 Å². The smallest absolute Gasteiger partial charge is 0.255 e. The van der Waals surface area contributed by atoms with E-state index in [2.05, 4.69) is 4.90 Å². The van der Waals surface area contributed by atoms with Crippen LogP contribution in [0.25, 0.3) is 0 Å². The number of nitrogens with two attached hydrogens (primary N) is 1. The fourth-order valence-corrected chi connectivity index (χ4v) is 3.04. The molecule has 1 aromatic heterocycles. The summed E-state index contributed by atoms with van der Waals surface area (Å²) < 4.78 is 21.7. The molecule has 0 spiro atoms. The van der Waals surface area contributed by atoms with E-state index in [9.17, 15) is 9.90 Å². The zero-order valence-electron chi connectivity index (χ0n) is 16.5. The number of amides is 1. The van der Waals surface area contributed by atoms with Crippen molar-refractivity contribution in [2.24, 2.45) is 5.73 Å². The Labute approximate surface area is 174 Å². The van der Waals surface area contributed by atoms with E-state index >= 15 is 0 Å². The van der Waals surface area contributed by atoms with Gasteiger partial charge in [0, 0.05) is 32.1 Å². The summed E-state index contributed by atoms with van der Waals surface area (Å²) in [6.07, 6.45) is -0.617. The van der Waals surface area contributed by atoms with Crippen LogP contribution in [-0.4, -0.2) is 75.2 Å². The molecule has 2 rings (SSSR count). The van der Waals surface area contributed by atoms with E-state index < -0.39 is 12.0 Å². The van der Waals surface area contributed by atoms with Crippen molar-refractivity contribution in [2.75, 3.05) is 53.2 Å². The molecule has 1 amide bonds. The zero-order chi connectivity index (χ0) is 20.9. The number of benzene rings is 1. The van der Waals surface area contributed by atoms with Crippen LogP contribution in [0, 0.1) is 0 Å². The van der Waals surface area contributed by atoms with Gasteiger partial charge in [0.05, 0.1) is 6.61 Å². The molecule has 0 aliphatic rings. The summed E-state index contributed by atoms with van der Waals surface area (Å²) in [5, 5.41) is 14.1. The summed E-state index contributed by atoms with van der Waals surface area (Å²) in [6.45, 7) is 2.83. The summed E-state index contributed by atoms with van der Waals surface area (Å²) >= 11 is 1.55. The van der Waals surface area contributed by atoms with Gasteiger partial charge in [0.25, 0.3) is 5.91 Å². The second-order valence-electron chi connectivity index (χ2n) is 6.29. The Morgan fingerprint density at radius 2 is 1.76 bits per heavy atom. The Kier molecular flexibility index (Phi) is 10.3. The molecule has 1 heterocycles. The van der Waals surface area contributed by atoms with E-state index in [-0.39, 0.29) is 13.2 Å². The van der Waals surface area contributed by atoms with Crippen LogP contribution in [0.3, 0.4) is 0 Å². The van der Waals surface area contributed by atoms with E-state index in [1.54, 1.807) is 42.7 Å². The molecule has 1 unspecified atom stereocenters. The number of hydrogen-bond donors (Lipinski definition) is 2. The summed E-state index contributed by atoms with van der Waals surface area (Å²) in [7, 11) is 1.65. The molecule has 8 nitrogen and oxygen atoms in total. The number of aliphatic hydroxyl groups is 1. The molecule has 0 aliphatic heterocycles. The van der Waals surface area contributed by atoms with Gasteiger partial charge >= 0.3 is 0 Å². The maximum atomic E-state index is 10.7. The van der Waals surface area contributed by atoms with Gasteiger partial charge < -0.3 is 29.8 Å². The molecule has 9 heteroatoms. The molecular weight excluding hydrogens is 396 g/mol. The summed E-state index contributed by atoms with van der Waals surface area (Å²) in [6, 6.07) is 8.83. The highest BCUT2D eigenvalue weighted by Gasteiger charge is 2.13.